The van der Waals surface area contributed by atoms with E-state index in [1.54, 1.807) is 0 Å². The number of hydrogen-bond acceptors (Lipinski definition) is 4. The molecule has 0 aliphatic carbocycles. The van der Waals surface area contributed by atoms with Gasteiger partial charge in [0.15, 0.2) is 0 Å². The normalized spacial score (nSPS) is 20.6. The van der Waals surface area contributed by atoms with Crippen molar-refractivity contribution in [2.45, 2.75) is 12.5 Å². The van der Waals surface area contributed by atoms with E-state index in [4.69, 9.17) is 0 Å². The Hall–Kier alpha value is -2.20. The minimum Gasteiger partial charge on any atom is -0.364 e. The van der Waals surface area contributed by atoms with Crippen molar-refractivity contribution in [1.29, 1.82) is 0 Å². The van der Waals surface area contributed by atoms with Crippen molar-refractivity contribution in [3.8, 4) is 11.3 Å². The molecule has 1 N–H and O–H groups in total. The number of benzene rings is 1. The average Bonchev–Trinajstić information content (AvgIpc) is 2.74. The van der Waals surface area contributed by atoms with E-state index in [-0.39, 0.29) is 0 Å². The standard InChI is InChI=1S/C17H18N4/c1-2-7-19-15(3-1)13-4-5-16-17(11-13)21-10-9-18-12-14(21)6-8-20-16/h1-5,7-8,11,14,18H,6,9-10,12H2. The van der Waals surface area contributed by atoms with E-state index in [0.29, 0.717) is 6.04 Å². The highest BCUT2D eigenvalue weighted by atomic mass is 15.2. The van der Waals surface area contributed by atoms with Gasteiger partial charge in [0.2, 0.25) is 0 Å². The molecule has 1 saturated heterocycles. The highest BCUT2D eigenvalue weighted by molar-refractivity contribution is 5.81. The molecule has 2 aliphatic heterocycles. The maximum absolute atomic E-state index is 4.63. The summed E-state index contributed by atoms with van der Waals surface area (Å²) in [6.45, 7) is 3.09. The van der Waals surface area contributed by atoms with Crippen LogP contribution in [0.2, 0.25) is 0 Å². The maximum Gasteiger partial charge on any atom is 0.0859 e. The number of hydrogen-bond donors (Lipinski definition) is 1. The zero-order valence-electron chi connectivity index (χ0n) is 11.9. The van der Waals surface area contributed by atoms with Crippen molar-refractivity contribution in [1.82, 2.24) is 10.3 Å². The average molecular weight is 278 g/mol. The second kappa shape index (κ2) is 5.30. The molecule has 1 aromatic carbocycles. The number of aliphatic imine (C=N–C) groups is 1. The van der Waals surface area contributed by atoms with Crippen molar-refractivity contribution >= 4 is 17.6 Å². The van der Waals surface area contributed by atoms with Gasteiger partial charge >= 0.3 is 0 Å². The SMILES string of the molecule is C1=Nc2ccc(-c3ccccn3)cc2N2CCNCC2C1. The summed E-state index contributed by atoms with van der Waals surface area (Å²) in [7, 11) is 0. The summed E-state index contributed by atoms with van der Waals surface area (Å²) in [5.74, 6) is 0. The van der Waals surface area contributed by atoms with Crippen molar-refractivity contribution in [3.63, 3.8) is 0 Å². The molecule has 2 aliphatic rings. The lowest BCUT2D eigenvalue weighted by Crippen LogP contribution is -2.51. The molecule has 106 valence electrons. The zero-order valence-corrected chi connectivity index (χ0v) is 11.9. The molecule has 0 bridgehead atoms. The lowest BCUT2D eigenvalue weighted by molar-refractivity contribution is 0.489. The highest BCUT2D eigenvalue weighted by Crippen LogP contribution is 2.36. The number of pyridine rings is 1. The van der Waals surface area contributed by atoms with Crippen LogP contribution in [0.25, 0.3) is 11.3 Å². The molecule has 1 unspecified atom stereocenters. The molecule has 1 aromatic heterocycles. The molecule has 1 fully saturated rings. The van der Waals surface area contributed by atoms with Gasteiger partial charge in [-0.1, -0.05) is 12.1 Å². The number of fused-ring (bicyclic) bond motifs is 3. The molecule has 2 aromatic rings. The van der Waals surface area contributed by atoms with E-state index in [1.807, 2.05) is 18.3 Å². The minimum atomic E-state index is 0.503. The molecule has 0 spiro atoms. The molecule has 3 heterocycles. The second-order valence-corrected chi connectivity index (χ2v) is 5.52. The van der Waals surface area contributed by atoms with E-state index >= 15 is 0 Å². The number of aromatic nitrogens is 1. The predicted molar refractivity (Wildman–Crippen MR) is 86.4 cm³/mol. The fraction of sp³-hybridized carbons (Fsp3) is 0.294. The third-order valence-corrected chi connectivity index (χ3v) is 4.20. The third kappa shape index (κ3) is 2.32. The van der Waals surface area contributed by atoms with E-state index in [0.717, 1.165) is 43.0 Å². The number of nitrogens with one attached hydrogen (secondary N) is 1. The summed E-state index contributed by atoms with van der Waals surface area (Å²) in [5, 5.41) is 3.47. The van der Waals surface area contributed by atoms with Gasteiger partial charge in [-0.25, -0.2) is 0 Å². The van der Waals surface area contributed by atoms with Gasteiger partial charge in [-0.05, 0) is 24.3 Å². The van der Waals surface area contributed by atoms with Crippen LogP contribution in [-0.2, 0) is 0 Å². The van der Waals surface area contributed by atoms with Gasteiger partial charge in [-0.15, -0.1) is 0 Å². The van der Waals surface area contributed by atoms with Gasteiger partial charge in [0.1, 0.15) is 0 Å². The Labute approximate surface area is 124 Å². The first-order valence-corrected chi connectivity index (χ1v) is 7.47. The smallest absolute Gasteiger partial charge is 0.0859 e. The molecule has 0 amide bonds. The van der Waals surface area contributed by atoms with Gasteiger partial charge in [0.25, 0.3) is 0 Å². The number of nitrogens with zero attached hydrogens (tertiary/aromatic N) is 3. The second-order valence-electron chi connectivity index (χ2n) is 5.52. The lowest BCUT2D eigenvalue weighted by atomic mass is 10.1. The quantitative estimate of drug-likeness (QED) is 0.871. The van der Waals surface area contributed by atoms with Crippen LogP contribution < -0.4 is 10.2 Å². The summed E-state index contributed by atoms with van der Waals surface area (Å²) in [6.07, 6.45) is 4.89. The van der Waals surface area contributed by atoms with Crippen LogP contribution in [0.15, 0.2) is 47.6 Å². The highest BCUT2D eigenvalue weighted by Gasteiger charge is 2.25. The topological polar surface area (TPSA) is 40.5 Å². The summed E-state index contributed by atoms with van der Waals surface area (Å²) in [6, 6.07) is 13.0. The van der Waals surface area contributed by atoms with Gasteiger partial charge < -0.3 is 10.2 Å². The zero-order chi connectivity index (χ0) is 14.1. The number of anilines is 1. The first-order valence-electron chi connectivity index (χ1n) is 7.47. The largest absolute Gasteiger partial charge is 0.364 e. The van der Waals surface area contributed by atoms with Crippen molar-refractivity contribution in [3.05, 3.63) is 42.6 Å². The van der Waals surface area contributed by atoms with Crippen LogP contribution in [-0.4, -0.2) is 36.9 Å². The van der Waals surface area contributed by atoms with E-state index in [1.165, 1.54) is 5.69 Å². The van der Waals surface area contributed by atoms with Crippen molar-refractivity contribution < 1.29 is 0 Å². The number of piperazine rings is 1. The first-order chi connectivity index (χ1) is 10.4. The summed E-state index contributed by atoms with van der Waals surface area (Å²) in [4.78, 5) is 11.6. The van der Waals surface area contributed by atoms with E-state index < -0.39 is 0 Å². The van der Waals surface area contributed by atoms with Crippen LogP contribution in [0.1, 0.15) is 6.42 Å². The molecular formula is C17H18N4. The molecule has 0 radical (unpaired) electrons. The molecular weight excluding hydrogens is 260 g/mol. The molecule has 4 rings (SSSR count). The monoisotopic (exact) mass is 278 g/mol. The maximum atomic E-state index is 4.63. The fourth-order valence-electron chi connectivity index (χ4n) is 3.12. The van der Waals surface area contributed by atoms with Crippen LogP contribution in [0.4, 0.5) is 11.4 Å². The molecule has 1 atom stereocenters. The van der Waals surface area contributed by atoms with Gasteiger partial charge in [-0.3, -0.25) is 9.98 Å². The third-order valence-electron chi connectivity index (χ3n) is 4.20. The van der Waals surface area contributed by atoms with E-state index in [9.17, 15) is 0 Å². The van der Waals surface area contributed by atoms with Crippen molar-refractivity contribution in [2.24, 2.45) is 4.99 Å². The molecule has 4 heteroatoms. The Morgan fingerprint density at radius 3 is 3.10 bits per heavy atom. The Kier molecular flexibility index (Phi) is 3.16. The lowest BCUT2D eigenvalue weighted by Gasteiger charge is -2.37. The fourth-order valence-corrected chi connectivity index (χ4v) is 3.12. The van der Waals surface area contributed by atoms with Crippen molar-refractivity contribution in [2.75, 3.05) is 24.5 Å². The molecule has 0 saturated carbocycles. The van der Waals surface area contributed by atoms with Gasteiger partial charge in [0.05, 0.1) is 17.1 Å². The first kappa shape index (κ1) is 12.5. The Balaban J connectivity index is 1.79. The summed E-state index contributed by atoms with van der Waals surface area (Å²) >= 11 is 0. The molecule has 21 heavy (non-hydrogen) atoms. The summed E-state index contributed by atoms with van der Waals surface area (Å²) in [5.41, 5.74) is 4.47. The van der Waals surface area contributed by atoms with Crippen LogP contribution in [0.5, 0.6) is 0 Å². The predicted octanol–water partition coefficient (Wildman–Crippen LogP) is 2.63. The van der Waals surface area contributed by atoms with Gasteiger partial charge in [0, 0.05) is 50.1 Å². The van der Waals surface area contributed by atoms with E-state index in [2.05, 4.69) is 50.7 Å². The van der Waals surface area contributed by atoms with Crippen LogP contribution in [0, 0.1) is 0 Å². The number of rotatable bonds is 1. The minimum absolute atomic E-state index is 0.503. The Morgan fingerprint density at radius 2 is 2.19 bits per heavy atom. The Bertz CT molecular complexity index is 666. The summed E-state index contributed by atoms with van der Waals surface area (Å²) < 4.78 is 0. The molecule has 4 nitrogen and oxygen atoms in total. The van der Waals surface area contributed by atoms with Crippen LogP contribution in [0.3, 0.4) is 0 Å². The Morgan fingerprint density at radius 1 is 1.19 bits per heavy atom. The van der Waals surface area contributed by atoms with Crippen LogP contribution >= 0.6 is 0 Å². The van der Waals surface area contributed by atoms with Gasteiger partial charge in [-0.2, -0.15) is 0 Å².